The summed E-state index contributed by atoms with van der Waals surface area (Å²) in [5.41, 5.74) is 10.3. The van der Waals surface area contributed by atoms with E-state index in [0.29, 0.717) is 35.5 Å². The van der Waals surface area contributed by atoms with Crippen LogP contribution in [-0.2, 0) is 9.59 Å². The van der Waals surface area contributed by atoms with E-state index in [4.69, 9.17) is 9.47 Å². The second-order valence-corrected chi connectivity index (χ2v) is 8.46. The first-order valence-corrected chi connectivity index (χ1v) is 12.8. The number of carbonyl (C=O) groups excluding carboxylic acids is 4. The first kappa shape index (κ1) is 30.6. The van der Waals surface area contributed by atoms with Crippen LogP contribution < -0.4 is 31.2 Å². The van der Waals surface area contributed by atoms with Gasteiger partial charge in [-0.25, -0.2) is 0 Å². The number of nitrogens with one attached hydrogen (secondary N) is 4. The smallest absolute Gasteiger partial charge is 0.273 e. The van der Waals surface area contributed by atoms with E-state index in [1.54, 1.807) is 60.7 Å². The summed E-state index contributed by atoms with van der Waals surface area (Å²) in [6.07, 6.45) is 7.44. The molecule has 0 aromatic heterocycles. The zero-order valence-electron chi connectivity index (χ0n) is 22.0. The number of carbonyl (C=O) groups is 4. The Morgan fingerprint density at radius 3 is 1.38 bits per heavy atom. The van der Waals surface area contributed by atoms with Gasteiger partial charge in [0.2, 0.25) is 11.8 Å². The Kier molecular flexibility index (Phi) is 14.0. The van der Waals surface area contributed by atoms with Gasteiger partial charge in [-0.1, -0.05) is 68.8 Å². The average Bonchev–Trinajstić information content (AvgIpc) is 2.96. The van der Waals surface area contributed by atoms with Crippen molar-refractivity contribution in [1.29, 1.82) is 0 Å². The van der Waals surface area contributed by atoms with Crippen LogP contribution in [0.3, 0.4) is 0 Å². The summed E-state index contributed by atoms with van der Waals surface area (Å²) in [6, 6.07) is 13.5. The lowest BCUT2D eigenvalue weighted by molar-refractivity contribution is -0.122. The molecule has 2 aromatic rings. The number of hydrogen-bond donors (Lipinski definition) is 4. The van der Waals surface area contributed by atoms with E-state index in [0.717, 1.165) is 19.3 Å². The number of rotatable bonds is 16. The highest BCUT2D eigenvalue weighted by Crippen LogP contribution is 2.18. The molecule has 0 unspecified atom stereocenters. The Labute approximate surface area is 228 Å². The number of benzene rings is 2. The monoisotopic (exact) mass is 536 g/mol. The van der Waals surface area contributed by atoms with Crippen LogP contribution in [0.1, 0.15) is 65.7 Å². The molecule has 0 spiro atoms. The molecule has 0 aliphatic heterocycles. The van der Waals surface area contributed by atoms with Gasteiger partial charge in [0, 0.05) is 12.8 Å². The van der Waals surface area contributed by atoms with Crippen LogP contribution in [0.5, 0.6) is 11.5 Å². The molecule has 208 valence electrons. The topological polar surface area (TPSA) is 135 Å². The average molecular weight is 537 g/mol. The van der Waals surface area contributed by atoms with E-state index < -0.39 is 11.8 Å². The molecule has 0 aliphatic rings. The normalized spacial score (nSPS) is 10.1. The van der Waals surface area contributed by atoms with Crippen LogP contribution in [0.4, 0.5) is 0 Å². The Morgan fingerprint density at radius 1 is 0.590 bits per heavy atom. The first-order chi connectivity index (χ1) is 19.0. The second kappa shape index (κ2) is 17.8. The van der Waals surface area contributed by atoms with Gasteiger partial charge >= 0.3 is 0 Å². The van der Waals surface area contributed by atoms with E-state index in [1.165, 1.54) is 0 Å². The van der Waals surface area contributed by atoms with Crippen molar-refractivity contribution >= 4 is 23.6 Å². The molecule has 0 saturated heterocycles. The fourth-order valence-corrected chi connectivity index (χ4v) is 3.47. The maximum Gasteiger partial charge on any atom is 0.273 e. The number of amides is 4. The summed E-state index contributed by atoms with van der Waals surface area (Å²) in [6.45, 7) is 7.69. The minimum atomic E-state index is -0.470. The summed E-state index contributed by atoms with van der Waals surface area (Å²) in [5.74, 6) is -0.719. The van der Waals surface area contributed by atoms with Gasteiger partial charge in [-0.2, -0.15) is 0 Å². The van der Waals surface area contributed by atoms with E-state index in [2.05, 4.69) is 34.9 Å². The summed E-state index contributed by atoms with van der Waals surface area (Å²) in [4.78, 5) is 48.8. The second-order valence-electron chi connectivity index (χ2n) is 8.46. The van der Waals surface area contributed by atoms with Crippen LogP contribution >= 0.6 is 0 Å². The molecule has 0 heterocycles. The zero-order valence-corrected chi connectivity index (χ0v) is 22.0. The standard InChI is InChI=1S/C29H36N4O6/c1-3-20-38-24-16-12-10-14-22(24)28(36)32-30-26(34)18-8-6-5-7-9-19-27(35)31-33-29(37)23-15-11-13-17-25(23)39-21-4-2/h3-4,10-17H,1-2,5-9,18-21H2,(H,30,34)(H,31,35)(H,32,36)(H,33,37). The van der Waals surface area contributed by atoms with E-state index in [-0.39, 0.29) is 37.9 Å². The van der Waals surface area contributed by atoms with Gasteiger partial charge in [-0.3, -0.25) is 40.9 Å². The number of unbranched alkanes of at least 4 members (excludes halogenated alkanes) is 4. The van der Waals surface area contributed by atoms with E-state index in [1.807, 2.05) is 0 Å². The Balaban J connectivity index is 1.55. The van der Waals surface area contributed by atoms with Crippen molar-refractivity contribution in [2.75, 3.05) is 13.2 Å². The highest BCUT2D eigenvalue weighted by Gasteiger charge is 2.14. The minimum absolute atomic E-state index is 0.263. The van der Waals surface area contributed by atoms with Crippen LogP contribution in [0.15, 0.2) is 73.8 Å². The molecular formula is C29H36N4O6. The maximum absolute atomic E-state index is 12.3. The third-order valence-corrected chi connectivity index (χ3v) is 5.42. The van der Waals surface area contributed by atoms with Gasteiger partial charge in [0.1, 0.15) is 24.7 Å². The SMILES string of the molecule is C=CCOc1ccccc1C(=O)NNC(=O)CCCCCCCC(=O)NNC(=O)c1ccccc1OCC=C. The molecular weight excluding hydrogens is 500 g/mol. The lowest BCUT2D eigenvalue weighted by Gasteiger charge is -2.11. The number of ether oxygens (including phenoxy) is 2. The minimum Gasteiger partial charge on any atom is -0.489 e. The summed E-state index contributed by atoms with van der Waals surface area (Å²) >= 11 is 0. The molecule has 0 fully saturated rings. The predicted octanol–water partition coefficient (Wildman–Crippen LogP) is 3.77. The summed E-state index contributed by atoms with van der Waals surface area (Å²) in [5, 5.41) is 0. The molecule has 4 N–H and O–H groups in total. The number of hydrogen-bond acceptors (Lipinski definition) is 6. The Bertz CT molecular complexity index is 1050. The van der Waals surface area contributed by atoms with Crippen molar-refractivity contribution in [3.05, 3.63) is 85.0 Å². The molecule has 10 nitrogen and oxygen atoms in total. The summed E-state index contributed by atoms with van der Waals surface area (Å²) in [7, 11) is 0. The van der Waals surface area contributed by atoms with Gasteiger partial charge in [0.15, 0.2) is 0 Å². The first-order valence-electron chi connectivity index (χ1n) is 12.8. The molecule has 0 bridgehead atoms. The molecule has 2 rings (SSSR count). The highest BCUT2D eigenvalue weighted by atomic mass is 16.5. The quantitative estimate of drug-likeness (QED) is 0.147. The predicted molar refractivity (Wildman–Crippen MR) is 148 cm³/mol. The molecule has 0 aliphatic carbocycles. The molecule has 39 heavy (non-hydrogen) atoms. The number of hydrazine groups is 2. The van der Waals surface area contributed by atoms with Gasteiger partial charge in [-0.15, -0.1) is 0 Å². The van der Waals surface area contributed by atoms with Gasteiger partial charge in [-0.05, 0) is 37.1 Å². The van der Waals surface area contributed by atoms with E-state index >= 15 is 0 Å². The fraction of sp³-hybridized carbons (Fsp3) is 0.310. The van der Waals surface area contributed by atoms with Crippen molar-refractivity contribution in [3.8, 4) is 11.5 Å². The Morgan fingerprint density at radius 2 is 0.974 bits per heavy atom. The lowest BCUT2D eigenvalue weighted by Crippen LogP contribution is -2.41. The van der Waals surface area contributed by atoms with Crippen molar-refractivity contribution in [2.45, 2.75) is 44.9 Å². The van der Waals surface area contributed by atoms with Crippen LogP contribution in [0.2, 0.25) is 0 Å². The fourth-order valence-electron chi connectivity index (χ4n) is 3.47. The zero-order chi connectivity index (χ0) is 28.3. The van der Waals surface area contributed by atoms with E-state index in [9.17, 15) is 19.2 Å². The van der Waals surface area contributed by atoms with Crippen molar-refractivity contribution < 1.29 is 28.7 Å². The molecule has 0 saturated carbocycles. The third kappa shape index (κ3) is 11.5. The largest absolute Gasteiger partial charge is 0.489 e. The lowest BCUT2D eigenvalue weighted by atomic mass is 10.1. The third-order valence-electron chi connectivity index (χ3n) is 5.42. The molecule has 2 aromatic carbocycles. The van der Waals surface area contributed by atoms with Crippen molar-refractivity contribution in [1.82, 2.24) is 21.7 Å². The van der Waals surface area contributed by atoms with Crippen LogP contribution in [-0.4, -0.2) is 36.8 Å². The van der Waals surface area contributed by atoms with Crippen LogP contribution in [0.25, 0.3) is 0 Å². The van der Waals surface area contributed by atoms with Crippen molar-refractivity contribution in [2.24, 2.45) is 0 Å². The number of para-hydroxylation sites is 2. The van der Waals surface area contributed by atoms with Gasteiger partial charge < -0.3 is 9.47 Å². The van der Waals surface area contributed by atoms with Gasteiger partial charge in [0.05, 0.1) is 11.1 Å². The Hall–Kier alpha value is -4.60. The molecule has 0 atom stereocenters. The van der Waals surface area contributed by atoms with Gasteiger partial charge in [0.25, 0.3) is 11.8 Å². The highest BCUT2D eigenvalue weighted by molar-refractivity contribution is 5.98. The molecule has 0 radical (unpaired) electrons. The molecule has 10 heteroatoms. The van der Waals surface area contributed by atoms with Crippen molar-refractivity contribution in [3.63, 3.8) is 0 Å². The maximum atomic E-state index is 12.3. The molecule has 4 amide bonds. The van der Waals surface area contributed by atoms with Crippen LogP contribution in [0, 0.1) is 0 Å². The summed E-state index contributed by atoms with van der Waals surface area (Å²) < 4.78 is 10.9.